The average molecular weight is 321 g/mol. The molecule has 2 N–H and O–H groups in total. The van der Waals surface area contributed by atoms with Crippen molar-refractivity contribution in [2.75, 3.05) is 12.4 Å². The number of carboxylic acid groups (broad SMARTS) is 1. The van der Waals surface area contributed by atoms with E-state index in [9.17, 15) is 9.90 Å². The standard InChI is InChI=1S/C20H19NO3/c1-24-14-8-5-12(6-9-14)19-16-4-2-3-15(16)17-11-13(20(22)23)7-10-18(17)21-19/h2-3,5-11,15-16,19,21H,4H2,1H3,(H,22,23)/t15-,16+,19-/m0/s1. The van der Waals surface area contributed by atoms with Crippen molar-refractivity contribution in [3.8, 4) is 5.75 Å². The zero-order chi connectivity index (χ0) is 16.7. The van der Waals surface area contributed by atoms with E-state index in [1.807, 2.05) is 24.3 Å². The number of carbonyl (C=O) groups is 1. The Kier molecular flexibility index (Phi) is 3.53. The summed E-state index contributed by atoms with van der Waals surface area (Å²) in [6, 6.07) is 13.7. The monoisotopic (exact) mass is 321 g/mol. The number of fused-ring (bicyclic) bond motifs is 3. The van der Waals surface area contributed by atoms with Crippen molar-refractivity contribution in [3.63, 3.8) is 0 Å². The fourth-order valence-electron chi connectivity index (χ4n) is 3.87. The summed E-state index contributed by atoms with van der Waals surface area (Å²) in [7, 11) is 1.67. The zero-order valence-electron chi connectivity index (χ0n) is 13.4. The minimum absolute atomic E-state index is 0.207. The molecule has 2 aromatic rings. The molecule has 0 amide bonds. The second kappa shape index (κ2) is 5.71. The van der Waals surface area contributed by atoms with E-state index in [4.69, 9.17) is 4.74 Å². The topological polar surface area (TPSA) is 58.6 Å². The molecule has 24 heavy (non-hydrogen) atoms. The number of benzene rings is 2. The van der Waals surface area contributed by atoms with E-state index in [1.165, 1.54) is 5.56 Å². The Morgan fingerprint density at radius 1 is 1.21 bits per heavy atom. The first-order valence-corrected chi connectivity index (χ1v) is 8.12. The molecule has 2 aliphatic rings. The van der Waals surface area contributed by atoms with E-state index in [-0.39, 0.29) is 12.0 Å². The van der Waals surface area contributed by atoms with E-state index >= 15 is 0 Å². The molecule has 2 aromatic carbocycles. The van der Waals surface area contributed by atoms with Gasteiger partial charge in [0.2, 0.25) is 0 Å². The Balaban J connectivity index is 1.73. The predicted octanol–water partition coefficient (Wildman–Crippen LogP) is 4.22. The Labute approximate surface area is 140 Å². The maximum absolute atomic E-state index is 11.3. The van der Waals surface area contributed by atoms with E-state index in [1.54, 1.807) is 13.2 Å². The van der Waals surface area contributed by atoms with Gasteiger partial charge in [0.05, 0.1) is 18.7 Å². The summed E-state index contributed by atoms with van der Waals surface area (Å²) in [5, 5.41) is 12.9. The number of anilines is 1. The van der Waals surface area contributed by atoms with Gasteiger partial charge in [-0.05, 0) is 53.8 Å². The molecule has 0 bridgehead atoms. The highest BCUT2D eigenvalue weighted by molar-refractivity contribution is 5.89. The largest absolute Gasteiger partial charge is 0.497 e. The van der Waals surface area contributed by atoms with Crippen LogP contribution in [0.5, 0.6) is 5.75 Å². The SMILES string of the molecule is COc1ccc([C@@H]2Nc3ccc(C(=O)O)cc3[C@H]3C=CC[C@H]32)cc1. The van der Waals surface area contributed by atoms with Crippen molar-refractivity contribution in [1.82, 2.24) is 0 Å². The van der Waals surface area contributed by atoms with Gasteiger partial charge in [-0.3, -0.25) is 0 Å². The van der Waals surface area contributed by atoms with Crippen LogP contribution in [0, 0.1) is 5.92 Å². The molecule has 4 heteroatoms. The van der Waals surface area contributed by atoms with Gasteiger partial charge in [-0.15, -0.1) is 0 Å². The van der Waals surface area contributed by atoms with Crippen molar-refractivity contribution in [1.29, 1.82) is 0 Å². The maximum atomic E-state index is 11.3. The Morgan fingerprint density at radius 3 is 2.71 bits per heavy atom. The number of rotatable bonds is 3. The van der Waals surface area contributed by atoms with Crippen LogP contribution >= 0.6 is 0 Å². The molecular weight excluding hydrogens is 302 g/mol. The van der Waals surface area contributed by atoms with Crippen LogP contribution in [0.4, 0.5) is 5.69 Å². The van der Waals surface area contributed by atoms with Crippen LogP contribution in [0.15, 0.2) is 54.6 Å². The predicted molar refractivity (Wildman–Crippen MR) is 92.7 cm³/mol. The van der Waals surface area contributed by atoms with Gasteiger partial charge in [-0.1, -0.05) is 24.3 Å². The number of allylic oxidation sites excluding steroid dienone is 2. The highest BCUT2D eigenvalue weighted by Crippen LogP contribution is 2.50. The van der Waals surface area contributed by atoms with Crippen molar-refractivity contribution >= 4 is 11.7 Å². The lowest BCUT2D eigenvalue weighted by atomic mass is 9.76. The van der Waals surface area contributed by atoms with E-state index in [0.29, 0.717) is 11.5 Å². The van der Waals surface area contributed by atoms with Crippen LogP contribution in [0.1, 0.15) is 39.9 Å². The van der Waals surface area contributed by atoms with Crippen LogP contribution < -0.4 is 10.1 Å². The Hall–Kier alpha value is -2.75. The quantitative estimate of drug-likeness (QED) is 0.831. The number of nitrogens with one attached hydrogen (secondary N) is 1. The summed E-state index contributed by atoms with van der Waals surface area (Å²) in [6.45, 7) is 0. The summed E-state index contributed by atoms with van der Waals surface area (Å²) in [4.78, 5) is 11.3. The number of hydrogen-bond acceptors (Lipinski definition) is 3. The second-order valence-corrected chi connectivity index (χ2v) is 6.36. The van der Waals surface area contributed by atoms with Crippen LogP contribution in [0.25, 0.3) is 0 Å². The molecule has 0 unspecified atom stereocenters. The molecule has 4 rings (SSSR count). The Bertz CT molecular complexity index is 810. The lowest BCUT2D eigenvalue weighted by Gasteiger charge is -2.37. The van der Waals surface area contributed by atoms with Gasteiger partial charge in [-0.2, -0.15) is 0 Å². The number of carboxylic acids is 1. The number of methoxy groups -OCH3 is 1. The maximum Gasteiger partial charge on any atom is 0.335 e. The summed E-state index contributed by atoms with van der Waals surface area (Å²) < 4.78 is 5.25. The van der Waals surface area contributed by atoms with Gasteiger partial charge >= 0.3 is 5.97 Å². The normalized spacial score (nSPS) is 24.0. The number of aromatic carboxylic acids is 1. The lowest BCUT2D eigenvalue weighted by molar-refractivity contribution is 0.0696. The molecule has 3 atom stereocenters. The van der Waals surface area contributed by atoms with Gasteiger partial charge in [-0.25, -0.2) is 4.79 Å². The molecule has 1 aliphatic heterocycles. The van der Waals surface area contributed by atoms with Gasteiger partial charge < -0.3 is 15.2 Å². The van der Waals surface area contributed by atoms with Crippen LogP contribution in [0.3, 0.4) is 0 Å². The highest BCUT2D eigenvalue weighted by Gasteiger charge is 2.38. The molecule has 4 nitrogen and oxygen atoms in total. The summed E-state index contributed by atoms with van der Waals surface area (Å²) in [5.41, 5.74) is 3.67. The summed E-state index contributed by atoms with van der Waals surface area (Å²) in [6.07, 6.45) is 5.41. The van der Waals surface area contributed by atoms with Crippen LogP contribution in [-0.4, -0.2) is 18.2 Å². The summed E-state index contributed by atoms with van der Waals surface area (Å²) >= 11 is 0. The minimum atomic E-state index is -0.881. The molecular formula is C20H19NO3. The molecule has 0 radical (unpaired) electrons. The van der Waals surface area contributed by atoms with Gasteiger partial charge in [0.1, 0.15) is 5.75 Å². The van der Waals surface area contributed by atoms with Crippen LogP contribution in [0.2, 0.25) is 0 Å². The molecule has 1 heterocycles. The van der Waals surface area contributed by atoms with Crippen LogP contribution in [-0.2, 0) is 0 Å². The molecule has 0 fully saturated rings. The lowest BCUT2D eigenvalue weighted by Crippen LogP contribution is -2.29. The van der Waals surface area contributed by atoms with E-state index in [0.717, 1.165) is 23.4 Å². The average Bonchev–Trinajstić information content (AvgIpc) is 3.10. The Morgan fingerprint density at radius 2 is 2.00 bits per heavy atom. The van der Waals surface area contributed by atoms with Gasteiger partial charge in [0.15, 0.2) is 0 Å². The van der Waals surface area contributed by atoms with E-state index in [2.05, 4.69) is 29.6 Å². The zero-order valence-corrected chi connectivity index (χ0v) is 13.4. The minimum Gasteiger partial charge on any atom is -0.497 e. The molecule has 1 aliphatic carbocycles. The fraction of sp³-hybridized carbons (Fsp3) is 0.250. The first-order chi connectivity index (χ1) is 11.7. The third-order valence-electron chi connectivity index (χ3n) is 5.08. The fourth-order valence-corrected chi connectivity index (χ4v) is 3.87. The smallest absolute Gasteiger partial charge is 0.335 e. The van der Waals surface area contributed by atoms with Crippen molar-refractivity contribution in [2.24, 2.45) is 5.92 Å². The van der Waals surface area contributed by atoms with Crippen molar-refractivity contribution in [2.45, 2.75) is 18.4 Å². The van der Waals surface area contributed by atoms with Gasteiger partial charge in [0, 0.05) is 11.6 Å². The second-order valence-electron chi connectivity index (χ2n) is 6.36. The van der Waals surface area contributed by atoms with Crippen molar-refractivity contribution < 1.29 is 14.6 Å². The molecule has 0 saturated heterocycles. The molecule has 0 aromatic heterocycles. The third-order valence-corrected chi connectivity index (χ3v) is 5.08. The van der Waals surface area contributed by atoms with Gasteiger partial charge in [0.25, 0.3) is 0 Å². The molecule has 0 spiro atoms. The third kappa shape index (κ3) is 2.35. The first-order valence-electron chi connectivity index (χ1n) is 8.12. The molecule has 0 saturated carbocycles. The summed E-state index contributed by atoms with van der Waals surface area (Å²) in [5.74, 6) is 0.623. The number of ether oxygens (including phenoxy) is 1. The first kappa shape index (κ1) is 14.8. The molecule has 122 valence electrons. The van der Waals surface area contributed by atoms with Crippen molar-refractivity contribution in [3.05, 3.63) is 71.3 Å². The van der Waals surface area contributed by atoms with E-state index < -0.39 is 5.97 Å². The highest BCUT2D eigenvalue weighted by atomic mass is 16.5. The number of hydrogen-bond donors (Lipinski definition) is 2.